The number of hydrogen-bond donors (Lipinski definition) is 1. The van der Waals surface area contributed by atoms with Crippen LogP contribution in [-0.4, -0.2) is 55.6 Å². The van der Waals surface area contributed by atoms with Crippen LogP contribution in [0.25, 0.3) is 11.6 Å². The third-order valence-electron chi connectivity index (χ3n) is 3.75. The molecule has 9 heteroatoms. The van der Waals surface area contributed by atoms with Crippen molar-refractivity contribution in [1.29, 1.82) is 0 Å². The van der Waals surface area contributed by atoms with E-state index in [1.165, 1.54) is 0 Å². The lowest BCUT2D eigenvalue weighted by atomic mass is 10.4. The molecule has 1 fully saturated rings. The molecule has 4 heterocycles. The summed E-state index contributed by atoms with van der Waals surface area (Å²) < 4.78 is 9.98. The van der Waals surface area contributed by atoms with Crippen molar-refractivity contribution in [3.63, 3.8) is 0 Å². The van der Waals surface area contributed by atoms with Crippen LogP contribution in [-0.2, 0) is 11.3 Å². The van der Waals surface area contributed by atoms with Crippen LogP contribution in [0.15, 0.2) is 24.5 Å². The summed E-state index contributed by atoms with van der Waals surface area (Å²) in [6, 6.07) is 3.91. The average Bonchev–Trinajstić information content (AvgIpc) is 3.20. The van der Waals surface area contributed by atoms with Gasteiger partial charge in [-0.3, -0.25) is 4.40 Å². The van der Waals surface area contributed by atoms with Crippen LogP contribution in [0.2, 0.25) is 0 Å². The minimum atomic E-state index is -0.110. The molecule has 23 heavy (non-hydrogen) atoms. The zero-order chi connectivity index (χ0) is 15.8. The predicted octanol–water partition coefficient (Wildman–Crippen LogP) is 0.848. The highest BCUT2D eigenvalue weighted by Crippen LogP contribution is 2.21. The molecule has 0 atom stereocenters. The smallest absolute Gasteiger partial charge is 0.237 e. The van der Waals surface area contributed by atoms with Gasteiger partial charge in [0.1, 0.15) is 9.52 Å². The van der Waals surface area contributed by atoms with E-state index in [9.17, 15) is 5.11 Å². The molecule has 8 nitrogen and oxygen atoms in total. The number of imidazole rings is 1. The lowest BCUT2D eigenvalue weighted by Crippen LogP contribution is -2.37. The fraction of sp³-hybridized carbons (Fsp3) is 0.357. The van der Waals surface area contributed by atoms with Gasteiger partial charge in [0, 0.05) is 31.5 Å². The Kier molecular flexibility index (Phi) is 3.91. The van der Waals surface area contributed by atoms with Gasteiger partial charge in [-0.2, -0.15) is 10.1 Å². The Morgan fingerprint density at radius 1 is 1.26 bits per heavy atom. The van der Waals surface area contributed by atoms with E-state index >= 15 is 0 Å². The van der Waals surface area contributed by atoms with Gasteiger partial charge in [0.15, 0.2) is 5.82 Å². The van der Waals surface area contributed by atoms with Crippen molar-refractivity contribution in [3.05, 3.63) is 33.9 Å². The number of anilines is 1. The minimum Gasteiger partial charge on any atom is -0.390 e. The van der Waals surface area contributed by atoms with Crippen LogP contribution in [0, 0.1) is 3.70 Å². The second kappa shape index (κ2) is 6.06. The molecule has 3 aromatic rings. The van der Waals surface area contributed by atoms with Crippen LogP contribution in [0.3, 0.4) is 0 Å². The third kappa shape index (κ3) is 2.79. The van der Waals surface area contributed by atoms with Gasteiger partial charge < -0.3 is 14.7 Å². The maximum absolute atomic E-state index is 9.37. The number of halogens is 1. The molecule has 4 rings (SSSR count). The van der Waals surface area contributed by atoms with E-state index in [0.29, 0.717) is 30.5 Å². The van der Waals surface area contributed by atoms with Gasteiger partial charge in [0.25, 0.3) is 0 Å². The van der Waals surface area contributed by atoms with Crippen molar-refractivity contribution < 1.29 is 9.84 Å². The Labute approximate surface area is 145 Å². The fourth-order valence-electron chi connectivity index (χ4n) is 2.64. The first kappa shape index (κ1) is 14.8. The van der Waals surface area contributed by atoms with Crippen molar-refractivity contribution in [2.45, 2.75) is 6.61 Å². The number of aromatic nitrogens is 5. The summed E-state index contributed by atoms with van der Waals surface area (Å²) in [5, 5.41) is 13.8. The van der Waals surface area contributed by atoms with Crippen molar-refractivity contribution in [3.8, 4) is 5.82 Å². The second-order valence-electron chi connectivity index (χ2n) is 5.22. The van der Waals surface area contributed by atoms with E-state index < -0.39 is 0 Å². The van der Waals surface area contributed by atoms with Gasteiger partial charge in [0.2, 0.25) is 5.78 Å². The lowest BCUT2D eigenvalue weighted by molar-refractivity contribution is 0.122. The summed E-state index contributed by atoms with van der Waals surface area (Å²) in [6.45, 7) is 2.89. The zero-order valence-corrected chi connectivity index (χ0v) is 14.4. The molecule has 0 aromatic carbocycles. The number of aliphatic hydroxyl groups excluding tert-OH is 1. The number of ether oxygens (including phenoxy) is 1. The Morgan fingerprint density at radius 2 is 2.09 bits per heavy atom. The highest BCUT2D eigenvalue weighted by molar-refractivity contribution is 14.1. The number of hydrogen-bond acceptors (Lipinski definition) is 6. The Bertz CT molecular complexity index is 839. The van der Waals surface area contributed by atoms with Gasteiger partial charge in [-0.1, -0.05) is 0 Å². The van der Waals surface area contributed by atoms with Crippen LogP contribution >= 0.6 is 22.6 Å². The molecular formula is C14H15IN6O2. The highest BCUT2D eigenvalue weighted by atomic mass is 127. The first-order valence-electron chi connectivity index (χ1n) is 7.29. The monoisotopic (exact) mass is 426 g/mol. The van der Waals surface area contributed by atoms with E-state index in [0.717, 1.165) is 22.6 Å². The molecule has 0 spiro atoms. The van der Waals surface area contributed by atoms with Gasteiger partial charge in [-0.25, -0.2) is 9.67 Å². The van der Waals surface area contributed by atoms with Crippen LogP contribution < -0.4 is 4.90 Å². The lowest BCUT2D eigenvalue weighted by Gasteiger charge is -2.29. The summed E-state index contributed by atoms with van der Waals surface area (Å²) in [5.41, 5.74) is 0.596. The summed E-state index contributed by atoms with van der Waals surface area (Å²) >= 11 is 2.17. The molecule has 1 saturated heterocycles. The SMILES string of the molecule is OCc1cn2c(N3CCOCC3)cc(-n3ccc(I)n3)nc2n1. The van der Waals surface area contributed by atoms with Gasteiger partial charge in [-0.05, 0) is 28.7 Å². The quantitative estimate of drug-likeness (QED) is 0.626. The van der Waals surface area contributed by atoms with Crippen molar-refractivity contribution >= 4 is 34.2 Å². The highest BCUT2D eigenvalue weighted by Gasteiger charge is 2.18. The molecule has 1 N–H and O–H groups in total. The maximum Gasteiger partial charge on any atom is 0.237 e. The summed E-state index contributed by atoms with van der Waals surface area (Å²) in [4.78, 5) is 11.2. The van der Waals surface area contributed by atoms with E-state index in [1.54, 1.807) is 4.68 Å². The molecule has 120 valence electrons. The molecule has 0 radical (unpaired) electrons. The first-order valence-corrected chi connectivity index (χ1v) is 8.36. The molecular weight excluding hydrogens is 411 g/mol. The predicted molar refractivity (Wildman–Crippen MR) is 91.8 cm³/mol. The largest absolute Gasteiger partial charge is 0.390 e. The van der Waals surface area contributed by atoms with Crippen molar-refractivity contribution in [2.75, 3.05) is 31.2 Å². The number of fused-ring (bicyclic) bond motifs is 1. The number of rotatable bonds is 3. The van der Waals surface area contributed by atoms with Gasteiger partial charge >= 0.3 is 0 Å². The normalized spacial score (nSPS) is 15.5. The number of nitrogens with zero attached hydrogens (tertiary/aromatic N) is 6. The molecule has 0 saturated carbocycles. The van der Waals surface area contributed by atoms with E-state index in [2.05, 4.69) is 42.6 Å². The van der Waals surface area contributed by atoms with Crippen LogP contribution in [0.4, 0.5) is 5.82 Å². The number of aliphatic hydroxyl groups is 1. The number of morpholine rings is 1. The molecule has 0 aliphatic carbocycles. The van der Waals surface area contributed by atoms with Gasteiger partial charge in [0.05, 0.1) is 25.5 Å². The van der Waals surface area contributed by atoms with Crippen molar-refractivity contribution in [2.24, 2.45) is 0 Å². The average molecular weight is 426 g/mol. The summed E-state index contributed by atoms with van der Waals surface area (Å²) in [7, 11) is 0. The Balaban J connectivity index is 1.88. The minimum absolute atomic E-state index is 0.110. The van der Waals surface area contributed by atoms with E-state index in [4.69, 9.17) is 4.74 Å². The molecule has 3 aromatic heterocycles. The van der Waals surface area contributed by atoms with E-state index in [-0.39, 0.29) is 6.61 Å². The summed E-state index contributed by atoms with van der Waals surface area (Å²) in [6.07, 6.45) is 3.70. The van der Waals surface area contributed by atoms with Crippen LogP contribution in [0.5, 0.6) is 0 Å². The zero-order valence-electron chi connectivity index (χ0n) is 12.3. The Morgan fingerprint density at radius 3 is 2.78 bits per heavy atom. The van der Waals surface area contributed by atoms with E-state index in [1.807, 2.05) is 28.9 Å². The Hall–Kier alpha value is -1.72. The first-order chi connectivity index (χ1) is 11.2. The second-order valence-corrected chi connectivity index (χ2v) is 6.32. The fourth-order valence-corrected chi connectivity index (χ4v) is 3.04. The maximum atomic E-state index is 9.37. The molecule has 1 aliphatic heterocycles. The van der Waals surface area contributed by atoms with Gasteiger partial charge in [-0.15, -0.1) is 0 Å². The molecule has 0 amide bonds. The topological polar surface area (TPSA) is 80.7 Å². The molecule has 0 unspecified atom stereocenters. The summed E-state index contributed by atoms with van der Waals surface area (Å²) in [5.74, 6) is 2.24. The standard InChI is InChI=1S/C14H15IN6O2/c15-11-1-2-21(18-11)12-7-13(19-3-5-23-6-4-19)20-8-10(9-22)16-14(20)17-12/h1-2,7-8,22H,3-6,9H2. The van der Waals surface area contributed by atoms with Crippen LogP contribution in [0.1, 0.15) is 5.69 Å². The molecule has 1 aliphatic rings. The molecule has 0 bridgehead atoms. The van der Waals surface area contributed by atoms with Crippen molar-refractivity contribution in [1.82, 2.24) is 24.1 Å². The third-order valence-corrected chi connectivity index (χ3v) is 4.32.